The van der Waals surface area contributed by atoms with E-state index < -0.39 is 0 Å². The van der Waals surface area contributed by atoms with Crippen molar-refractivity contribution in [2.24, 2.45) is 0 Å². The van der Waals surface area contributed by atoms with Crippen LogP contribution in [0.1, 0.15) is 49.9 Å². The maximum Gasteiger partial charge on any atom is 0.269 e. The van der Waals surface area contributed by atoms with Crippen molar-refractivity contribution in [3.8, 4) is 0 Å². The first kappa shape index (κ1) is 25.8. The molecule has 0 spiro atoms. The number of rotatable bonds is 5. The van der Waals surface area contributed by atoms with Crippen molar-refractivity contribution in [2.75, 3.05) is 11.9 Å². The van der Waals surface area contributed by atoms with E-state index in [1.807, 2.05) is 13.1 Å². The van der Waals surface area contributed by atoms with Gasteiger partial charge in [-0.25, -0.2) is 0 Å². The van der Waals surface area contributed by atoms with Gasteiger partial charge >= 0.3 is 0 Å². The van der Waals surface area contributed by atoms with Gasteiger partial charge in [0.2, 0.25) is 0 Å². The van der Waals surface area contributed by atoms with E-state index in [1.54, 1.807) is 12.1 Å². The summed E-state index contributed by atoms with van der Waals surface area (Å²) in [6.45, 7) is 8.91. The summed E-state index contributed by atoms with van der Waals surface area (Å²) >= 11 is 0. The van der Waals surface area contributed by atoms with Crippen LogP contribution in [0.4, 0.5) is 11.4 Å². The zero-order chi connectivity index (χ0) is 28.2. The van der Waals surface area contributed by atoms with Gasteiger partial charge in [-0.05, 0) is 69.7 Å². The molecule has 0 radical (unpaired) electrons. The molecular formula is C36H34N2O2. The average molecular weight is 527 g/mol. The first-order valence-electron chi connectivity index (χ1n) is 13.8. The van der Waals surface area contributed by atoms with Crippen molar-refractivity contribution in [3.05, 3.63) is 147 Å². The van der Waals surface area contributed by atoms with E-state index in [0.29, 0.717) is 0 Å². The molecule has 1 atom stereocenters. The Balaban J connectivity index is 1.45. The number of likely N-dealkylation sites (N-methyl/N-ethyl adjacent to an activating group) is 1. The summed E-state index contributed by atoms with van der Waals surface area (Å²) in [5.74, 6) is 0. The summed E-state index contributed by atoms with van der Waals surface area (Å²) < 4.78 is 0. The predicted molar refractivity (Wildman–Crippen MR) is 166 cm³/mol. The Morgan fingerprint density at radius 3 is 2.38 bits per heavy atom. The van der Waals surface area contributed by atoms with Crippen LogP contribution in [-0.4, -0.2) is 12.0 Å². The standard InChI is InChI=1S/C36H34N2O2/c1-24-29(16-11-17-33-35(2,3)31-22-27(38(39)40)19-21-32(31)37(33)5)36(4,23-25-12-7-6-8-13-25)30-20-18-26-14-9-10-15-28(26)34(24)30/h6-22H,23H2,1-5H3/b16-11+,33-17+. The van der Waals surface area contributed by atoms with Crippen LogP contribution in [0.2, 0.25) is 0 Å². The maximum atomic E-state index is 11.5. The fourth-order valence-corrected chi connectivity index (χ4v) is 7.01. The number of nitrogens with zero attached hydrogens (tertiary/aromatic N) is 2. The van der Waals surface area contributed by atoms with Crippen molar-refractivity contribution in [1.29, 1.82) is 0 Å². The van der Waals surface area contributed by atoms with Crippen molar-refractivity contribution in [3.63, 3.8) is 0 Å². The van der Waals surface area contributed by atoms with Gasteiger partial charge < -0.3 is 4.90 Å². The zero-order valence-corrected chi connectivity index (χ0v) is 23.7. The number of anilines is 1. The second kappa shape index (κ2) is 9.34. The van der Waals surface area contributed by atoms with E-state index in [1.165, 1.54) is 38.6 Å². The molecule has 4 nitrogen and oxygen atoms in total. The number of nitro groups is 1. The van der Waals surface area contributed by atoms with E-state index in [-0.39, 0.29) is 21.4 Å². The maximum absolute atomic E-state index is 11.5. The molecule has 1 aliphatic carbocycles. The molecule has 0 N–H and O–H groups in total. The molecule has 6 rings (SSSR count). The summed E-state index contributed by atoms with van der Waals surface area (Å²) in [4.78, 5) is 13.3. The number of nitro benzene ring substituents is 1. The van der Waals surface area contributed by atoms with E-state index in [0.717, 1.165) is 23.4 Å². The number of allylic oxidation sites excluding steroid dienone is 6. The van der Waals surface area contributed by atoms with Crippen LogP contribution in [0.15, 0.2) is 114 Å². The van der Waals surface area contributed by atoms with Crippen molar-refractivity contribution >= 4 is 27.7 Å². The number of fused-ring (bicyclic) bond motifs is 4. The van der Waals surface area contributed by atoms with Gasteiger partial charge in [-0.1, -0.05) is 99.7 Å². The van der Waals surface area contributed by atoms with Crippen LogP contribution < -0.4 is 4.90 Å². The van der Waals surface area contributed by atoms with E-state index in [9.17, 15) is 10.1 Å². The third kappa shape index (κ3) is 3.90. The van der Waals surface area contributed by atoms with E-state index in [4.69, 9.17) is 0 Å². The molecule has 4 aromatic rings. The van der Waals surface area contributed by atoms with Crippen molar-refractivity contribution in [1.82, 2.24) is 0 Å². The molecule has 0 saturated carbocycles. The summed E-state index contributed by atoms with van der Waals surface area (Å²) in [6.07, 6.45) is 7.54. The lowest BCUT2D eigenvalue weighted by Crippen LogP contribution is -2.25. The van der Waals surface area contributed by atoms with Gasteiger partial charge in [0, 0.05) is 41.4 Å². The third-order valence-electron chi connectivity index (χ3n) is 9.04. The molecule has 0 aromatic heterocycles. The lowest BCUT2D eigenvalue weighted by Gasteiger charge is -2.29. The lowest BCUT2D eigenvalue weighted by atomic mass is 9.74. The molecule has 0 fully saturated rings. The normalized spacial score (nSPS) is 20.5. The summed E-state index contributed by atoms with van der Waals surface area (Å²) in [7, 11) is 2.04. The van der Waals surface area contributed by atoms with E-state index in [2.05, 4.69) is 118 Å². The molecule has 4 aromatic carbocycles. The molecule has 40 heavy (non-hydrogen) atoms. The Hall–Kier alpha value is -4.44. The second-order valence-electron chi connectivity index (χ2n) is 11.8. The van der Waals surface area contributed by atoms with Crippen LogP contribution >= 0.6 is 0 Å². The molecule has 4 heteroatoms. The highest BCUT2D eigenvalue weighted by molar-refractivity contribution is 5.99. The Labute approximate surface area is 236 Å². The van der Waals surface area contributed by atoms with Crippen molar-refractivity contribution < 1.29 is 4.92 Å². The van der Waals surface area contributed by atoms with Gasteiger partial charge in [0.15, 0.2) is 0 Å². The first-order chi connectivity index (χ1) is 19.1. The zero-order valence-electron chi connectivity index (χ0n) is 23.7. The predicted octanol–water partition coefficient (Wildman–Crippen LogP) is 8.90. The number of benzene rings is 4. The van der Waals surface area contributed by atoms with Gasteiger partial charge in [0.05, 0.1) is 4.92 Å². The Morgan fingerprint density at radius 1 is 0.900 bits per heavy atom. The fraction of sp³-hybridized carbons (Fsp3) is 0.222. The molecule has 1 unspecified atom stereocenters. The number of non-ortho nitro benzene ring substituents is 1. The summed E-state index contributed by atoms with van der Waals surface area (Å²) in [6, 6.07) is 29.1. The Morgan fingerprint density at radius 2 is 1.62 bits per heavy atom. The molecular weight excluding hydrogens is 492 g/mol. The smallest absolute Gasteiger partial charge is 0.269 e. The fourth-order valence-electron chi connectivity index (χ4n) is 7.01. The van der Waals surface area contributed by atoms with Gasteiger partial charge in [-0.2, -0.15) is 0 Å². The minimum Gasteiger partial charge on any atom is -0.347 e. The van der Waals surface area contributed by atoms with Crippen LogP contribution in [0.3, 0.4) is 0 Å². The Bertz CT molecular complexity index is 1760. The van der Waals surface area contributed by atoms with Gasteiger partial charge in [-0.3, -0.25) is 10.1 Å². The van der Waals surface area contributed by atoms with Gasteiger partial charge in [0.25, 0.3) is 5.69 Å². The largest absolute Gasteiger partial charge is 0.347 e. The molecule has 0 bridgehead atoms. The number of hydrogen-bond acceptors (Lipinski definition) is 3. The summed E-state index contributed by atoms with van der Waals surface area (Å²) in [5.41, 5.74) is 9.38. The van der Waals surface area contributed by atoms with Gasteiger partial charge in [0.1, 0.15) is 0 Å². The first-order valence-corrected chi connectivity index (χ1v) is 13.8. The topological polar surface area (TPSA) is 46.4 Å². The van der Waals surface area contributed by atoms with E-state index >= 15 is 0 Å². The Kier molecular flexibility index (Phi) is 6.03. The quantitative estimate of drug-likeness (QED) is 0.193. The SMILES string of the molecule is CC1=C(/C=C/C=C2/N(C)c3ccc([N+](=O)[O-])cc3C2(C)C)C(C)(Cc2ccccc2)c2ccc3ccccc3c21. The molecule has 0 saturated heterocycles. The molecule has 2 aliphatic rings. The third-order valence-corrected chi connectivity index (χ3v) is 9.04. The molecule has 0 amide bonds. The molecule has 1 aliphatic heterocycles. The lowest BCUT2D eigenvalue weighted by molar-refractivity contribution is -0.384. The summed E-state index contributed by atoms with van der Waals surface area (Å²) in [5, 5.41) is 14.0. The molecule has 200 valence electrons. The highest BCUT2D eigenvalue weighted by atomic mass is 16.6. The average Bonchev–Trinajstić information content (AvgIpc) is 3.27. The van der Waals surface area contributed by atoms with Crippen LogP contribution in [-0.2, 0) is 17.3 Å². The van der Waals surface area contributed by atoms with Crippen LogP contribution in [0.25, 0.3) is 16.3 Å². The minimum atomic E-state index is -0.355. The second-order valence-corrected chi connectivity index (χ2v) is 11.8. The minimum absolute atomic E-state index is 0.130. The van der Waals surface area contributed by atoms with Crippen LogP contribution in [0, 0.1) is 10.1 Å². The molecule has 1 heterocycles. The highest BCUT2D eigenvalue weighted by Crippen LogP contribution is 2.51. The monoisotopic (exact) mass is 526 g/mol. The van der Waals surface area contributed by atoms with Gasteiger partial charge in [-0.15, -0.1) is 0 Å². The van der Waals surface area contributed by atoms with Crippen LogP contribution in [0.5, 0.6) is 0 Å². The van der Waals surface area contributed by atoms with Crippen molar-refractivity contribution in [2.45, 2.75) is 44.9 Å². The highest BCUT2D eigenvalue weighted by Gasteiger charge is 2.41. The number of hydrogen-bond donors (Lipinski definition) is 0.